The summed E-state index contributed by atoms with van der Waals surface area (Å²) >= 11 is 0. The van der Waals surface area contributed by atoms with Crippen LogP contribution in [0.4, 0.5) is 4.79 Å². The summed E-state index contributed by atoms with van der Waals surface area (Å²) in [7, 11) is 1.80. The topological polar surface area (TPSA) is 70.1 Å². The zero-order valence-corrected chi connectivity index (χ0v) is 12.1. The van der Waals surface area contributed by atoms with Crippen LogP contribution in [0.2, 0.25) is 0 Å². The maximum Gasteiger partial charge on any atom is 0.319 e. The van der Waals surface area contributed by atoms with E-state index in [0.29, 0.717) is 19.6 Å². The van der Waals surface area contributed by atoms with Crippen molar-refractivity contribution in [3.8, 4) is 0 Å². The number of hydrogen-bond acceptors (Lipinski definition) is 3. The molecule has 2 heterocycles. The highest BCUT2D eigenvalue weighted by atomic mass is 16.5. The first-order valence-corrected chi connectivity index (χ1v) is 7.39. The summed E-state index contributed by atoms with van der Waals surface area (Å²) in [5.74, 6) is -0.691. The second-order valence-corrected chi connectivity index (χ2v) is 5.85. The smallest absolute Gasteiger partial charge is 0.319 e. The molecule has 0 aromatic carbocycles. The number of carboxylic acids is 1. The molecule has 114 valence electrons. The third kappa shape index (κ3) is 4.10. The molecular formula is C14H24N2O4. The Hall–Kier alpha value is -1.30. The van der Waals surface area contributed by atoms with Gasteiger partial charge in [0.25, 0.3) is 0 Å². The predicted octanol–water partition coefficient (Wildman–Crippen LogP) is 1.40. The molecule has 0 radical (unpaired) electrons. The maximum absolute atomic E-state index is 12.3. The minimum atomic E-state index is -0.784. The van der Waals surface area contributed by atoms with Gasteiger partial charge in [-0.3, -0.25) is 4.79 Å². The van der Waals surface area contributed by atoms with Crippen LogP contribution in [0, 0.1) is 5.92 Å². The molecular weight excluding hydrogens is 260 g/mol. The summed E-state index contributed by atoms with van der Waals surface area (Å²) < 4.78 is 5.65. The Morgan fingerprint density at radius 1 is 1.35 bits per heavy atom. The van der Waals surface area contributed by atoms with Crippen molar-refractivity contribution < 1.29 is 19.4 Å². The number of likely N-dealkylation sites (N-methyl/N-ethyl adjacent to an activating group) is 1. The van der Waals surface area contributed by atoms with Crippen LogP contribution < -0.4 is 0 Å². The summed E-state index contributed by atoms with van der Waals surface area (Å²) in [5.41, 5.74) is 0. The minimum absolute atomic E-state index is 0.00735. The van der Waals surface area contributed by atoms with Crippen LogP contribution in [0.1, 0.15) is 32.1 Å². The van der Waals surface area contributed by atoms with E-state index in [4.69, 9.17) is 9.84 Å². The Morgan fingerprint density at radius 3 is 2.80 bits per heavy atom. The van der Waals surface area contributed by atoms with Gasteiger partial charge >= 0.3 is 12.0 Å². The first-order valence-electron chi connectivity index (χ1n) is 7.39. The lowest BCUT2D eigenvalue weighted by Gasteiger charge is -2.30. The zero-order chi connectivity index (χ0) is 14.5. The van der Waals surface area contributed by atoms with Crippen LogP contribution in [-0.4, -0.2) is 66.3 Å². The number of hydrogen-bond donors (Lipinski definition) is 1. The lowest BCUT2D eigenvalue weighted by Crippen LogP contribution is -2.44. The van der Waals surface area contributed by atoms with E-state index in [1.807, 2.05) is 0 Å². The maximum atomic E-state index is 12.3. The van der Waals surface area contributed by atoms with Gasteiger partial charge in [0.1, 0.15) is 0 Å². The van der Waals surface area contributed by atoms with Crippen LogP contribution in [0.15, 0.2) is 0 Å². The first kappa shape index (κ1) is 15.1. The monoisotopic (exact) mass is 284 g/mol. The number of carbonyl (C=O) groups excluding carboxylic acids is 1. The molecule has 0 aromatic rings. The number of aliphatic carboxylic acids is 1. The normalized spacial score (nSPS) is 26.6. The minimum Gasteiger partial charge on any atom is -0.481 e. The van der Waals surface area contributed by atoms with Crippen LogP contribution in [0.5, 0.6) is 0 Å². The van der Waals surface area contributed by atoms with Gasteiger partial charge in [-0.05, 0) is 31.6 Å². The van der Waals surface area contributed by atoms with Gasteiger partial charge in [0.15, 0.2) is 0 Å². The van der Waals surface area contributed by atoms with E-state index in [1.54, 1.807) is 16.8 Å². The van der Waals surface area contributed by atoms with Crippen LogP contribution >= 0.6 is 0 Å². The summed E-state index contributed by atoms with van der Waals surface area (Å²) in [6, 6.07) is -0.00735. The highest BCUT2D eigenvalue weighted by Crippen LogP contribution is 2.21. The Bertz CT molecular complexity index is 355. The molecule has 6 nitrogen and oxygen atoms in total. The molecule has 2 unspecified atom stereocenters. The molecule has 2 atom stereocenters. The average molecular weight is 284 g/mol. The number of likely N-dealkylation sites (tertiary alicyclic amines) is 1. The Kier molecular flexibility index (Phi) is 5.23. The zero-order valence-electron chi connectivity index (χ0n) is 12.1. The molecule has 0 aromatic heterocycles. The molecule has 2 aliphatic rings. The predicted molar refractivity (Wildman–Crippen MR) is 73.5 cm³/mol. The van der Waals surface area contributed by atoms with Gasteiger partial charge in [-0.25, -0.2) is 4.79 Å². The fourth-order valence-electron chi connectivity index (χ4n) is 3.00. The van der Waals surface area contributed by atoms with E-state index >= 15 is 0 Å². The molecule has 2 fully saturated rings. The molecule has 6 heteroatoms. The second kappa shape index (κ2) is 6.92. The number of nitrogens with zero attached hydrogens (tertiary/aromatic N) is 2. The van der Waals surface area contributed by atoms with Crippen molar-refractivity contribution in [1.29, 1.82) is 0 Å². The van der Waals surface area contributed by atoms with Gasteiger partial charge in [-0.2, -0.15) is 0 Å². The summed E-state index contributed by atoms with van der Waals surface area (Å²) in [6.07, 6.45) is 4.37. The van der Waals surface area contributed by atoms with Crippen LogP contribution in [0.3, 0.4) is 0 Å². The lowest BCUT2D eigenvalue weighted by atomic mass is 10.1. The quantitative estimate of drug-likeness (QED) is 0.847. The Morgan fingerprint density at radius 2 is 2.15 bits per heavy atom. The Balaban J connectivity index is 1.77. The standard InChI is InChI=1S/C14H24N2O4/c1-15(10-12-4-2-3-7-20-12)14(19)16-6-5-11(9-16)8-13(17)18/h11-12H,2-10H2,1H3,(H,17,18). The average Bonchev–Trinajstić information content (AvgIpc) is 2.86. The molecule has 20 heavy (non-hydrogen) atoms. The molecule has 2 amide bonds. The number of carbonyl (C=O) groups is 2. The molecule has 0 spiro atoms. The highest BCUT2D eigenvalue weighted by Gasteiger charge is 2.30. The van der Waals surface area contributed by atoms with Crippen molar-refractivity contribution in [2.75, 3.05) is 33.3 Å². The van der Waals surface area contributed by atoms with E-state index in [1.165, 1.54) is 0 Å². The lowest BCUT2D eigenvalue weighted by molar-refractivity contribution is -0.138. The highest BCUT2D eigenvalue weighted by molar-refractivity contribution is 5.74. The second-order valence-electron chi connectivity index (χ2n) is 5.85. The SMILES string of the molecule is CN(CC1CCCCO1)C(=O)N1CCC(CC(=O)O)C1. The van der Waals surface area contributed by atoms with Crippen molar-refractivity contribution in [2.45, 2.75) is 38.2 Å². The molecule has 0 saturated carbocycles. The molecule has 2 aliphatic heterocycles. The third-order valence-electron chi connectivity index (χ3n) is 4.10. The van der Waals surface area contributed by atoms with Crippen molar-refractivity contribution in [2.24, 2.45) is 5.92 Å². The summed E-state index contributed by atoms with van der Waals surface area (Å²) in [4.78, 5) is 26.5. The summed E-state index contributed by atoms with van der Waals surface area (Å²) in [6.45, 7) is 2.63. The van der Waals surface area contributed by atoms with Gasteiger partial charge in [0, 0.05) is 39.7 Å². The first-order chi connectivity index (χ1) is 9.56. The number of ether oxygens (including phenoxy) is 1. The number of urea groups is 1. The fraction of sp³-hybridized carbons (Fsp3) is 0.857. The molecule has 0 aliphatic carbocycles. The third-order valence-corrected chi connectivity index (χ3v) is 4.10. The van der Waals surface area contributed by atoms with Crippen LogP contribution in [-0.2, 0) is 9.53 Å². The van der Waals surface area contributed by atoms with Crippen molar-refractivity contribution in [3.63, 3.8) is 0 Å². The van der Waals surface area contributed by atoms with Crippen molar-refractivity contribution >= 4 is 12.0 Å². The van der Waals surface area contributed by atoms with Gasteiger partial charge < -0.3 is 19.6 Å². The summed E-state index contributed by atoms with van der Waals surface area (Å²) in [5, 5.41) is 8.79. The van der Waals surface area contributed by atoms with Gasteiger partial charge in [0.05, 0.1) is 6.10 Å². The fourth-order valence-corrected chi connectivity index (χ4v) is 3.00. The molecule has 0 bridgehead atoms. The van der Waals surface area contributed by atoms with Gasteiger partial charge in [0.2, 0.25) is 0 Å². The van der Waals surface area contributed by atoms with Crippen LogP contribution in [0.25, 0.3) is 0 Å². The van der Waals surface area contributed by atoms with E-state index in [9.17, 15) is 9.59 Å². The largest absolute Gasteiger partial charge is 0.481 e. The van der Waals surface area contributed by atoms with Crippen molar-refractivity contribution in [1.82, 2.24) is 9.80 Å². The molecule has 2 saturated heterocycles. The van der Waals surface area contributed by atoms with Crippen molar-refractivity contribution in [3.05, 3.63) is 0 Å². The number of amides is 2. The van der Waals surface area contributed by atoms with Gasteiger partial charge in [-0.15, -0.1) is 0 Å². The van der Waals surface area contributed by atoms with E-state index in [2.05, 4.69) is 0 Å². The van der Waals surface area contributed by atoms with Gasteiger partial charge in [-0.1, -0.05) is 0 Å². The number of carboxylic acid groups (broad SMARTS) is 1. The molecule has 2 rings (SSSR count). The Labute approximate surface area is 119 Å². The van der Waals surface area contributed by atoms with E-state index in [-0.39, 0.29) is 24.5 Å². The van der Waals surface area contributed by atoms with E-state index in [0.717, 1.165) is 32.3 Å². The molecule has 1 N–H and O–H groups in total. The van der Waals surface area contributed by atoms with E-state index < -0.39 is 5.97 Å². The number of rotatable bonds is 4.